The first-order valence-corrected chi connectivity index (χ1v) is 11.4. The summed E-state index contributed by atoms with van der Waals surface area (Å²) in [4.78, 5) is 28.7. The van der Waals surface area contributed by atoms with Crippen LogP contribution in [0.4, 0.5) is 0 Å². The van der Waals surface area contributed by atoms with Gasteiger partial charge in [-0.2, -0.15) is 0 Å². The molecule has 2 N–H and O–H groups in total. The Morgan fingerprint density at radius 1 is 1.08 bits per heavy atom. The Morgan fingerprint density at radius 3 is 2.38 bits per heavy atom. The standard InChI is InChI=1S/C17H30N4O4S/c1-12(22)18-16-11-20(14-6-4-3-5-7-14)10-15-8-13(19-26(2,24)25)9-21(15)17(16)23/h13-16,19H,3-11H2,1-2H3,(H,18,22)/t13-,15-,16-/m0/s1. The van der Waals surface area contributed by atoms with E-state index in [4.69, 9.17) is 0 Å². The van der Waals surface area contributed by atoms with Gasteiger partial charge in [-0.25, -0.2) is 13.1 Å². The number of carbonyl (C=O) groups is 2. The average Bonchev–Trinajstić information content (AvgIpc) is 2.88. The lowest BCUT2D eigenvalue weighted by molar-refractivity contribution is -0.135. The van der Waals surface area contributed by atoms with E-state index < -0.39 is 16.1 Å². The molecule has 2 heterocycles. The third-order valence-electron chi connectivity index (χ3n) is 5.71. The Hall–Kier alpha value is -1.19. The normalized spacial score (nSPS) is 31.5. The van der Waals surface area contributed by atoms with Gasteiger partial charge >= 0.3 is 0 Å². The Kier molecular flexibility index (Phi) is 5.88. The van der Waals surface area contributed by atoms with Crippen molar-refractivity contribution >= 4 is 21.8 Å². The fourth-order valence-electron chi connectivity index (χ4n) is 4.70. The van der Waals surface area contributed by atoms with Crippen LogP contribution in [0.15, 0.2) is 0 Å². The van der Waals surface area contributed by atoms with Crippen molar-refractivity contribution in [3.8, 4) is 0 Å². The van der Waals surface area contributed by atoms with E-state index in [-0.39, 0.29) is 23.9 Å². The lowest BCUT2D eigenvalue weighted by atomic mass is 9.93. The van der Waals surface area contributed by atoms with Gasteiger partial charge in [0.15, 0.2) is 0 Å². The van der Waals surface area contributed by atoms with Crippen molar-refractivity contribution in [1.29, 1.82) is 0 Å². The Balaban J connectivity index is 1.79. The number of fused-ring (bicyclic) bond motifs is 1. The van der Waals surface area contributed by atoms with Gasteiger partial charge in [0, 0.05) is 44.7 Å². The van der Waals surface area contributed by atoms with Crippen LogP contribution in [-0.4, -0.2) is 80.1 Å². The second kappa shape index (κ2) is 7.82. The molecule has 0 aromatic heterocycles. The van der Waals surface area contributed by atoms with Crippen LogP contribution in [0.1, 0.15) is 45.4 Å². The molecule has 0 radical (unpaired) electrons. The second-order valence-corrected chi connectivity index (χ2v) is 9.75. The number of hydrogen-bond donors (Lipinski definition) is 2. The molecular formula is C17H30N4O4S. The van der Waals surface area contributed by atoms with Crippen molar-refractivity contribution in [2.45, 2.75) is 69.6 Å². The van der Waals surface area contributed by atoms with Crippen LogP contribution in [0.25, 0.3) is 0 Å². The summed E-state index contributed by atoms with van der Waals surface area (Å²) in [7, 11) is -3.31. The van der Waals surface area contributed by atoms with E-state index in [1.54, 1.807) is 4.90 Å². The molecule has 3 atom stereocenters. The maximum Gasteiger partial charge on any atom is 0.246 e. The SMILES string of the molecule is CC(=O)N[C@H]1CN(C2CCCCC2)C[C@@H]2C[C@H](NS(C)(=O)=O)CN2C1=O. The van der Waals surface area contributed by atoms with Gasteiger partial charge in [0.1, 0.15) is 6.04 Å². The number of rotatable bonds is 4. The highest BCUT2D eigenvalue weighted by Crippen LogP contribution is 2.29. The first-order chi connectivity index (χ1) is 12.2. The van der Waals surface area contributed by atoms with E-state index in [2.05, 4.69) is 14.9 Å². The molecule has 1 aliphatic carbocycles. The van der Waals surface area contributed by atoms with Gasteiger partial charge in [-0.1, -0.05) is 19.3 Å². The van der Waals surface area contributed by atoms with E-state index >= 15 is 0 Å². The minimum Gasteiger partial charge on any atom is -0.343 e. The van der Waals surface area contributed by atoms with Crippen LogP contribution in [0.2, 0.25) is 0 Å². The highest BCUT2D eigenvalue weighted by molar-refractivity contribution is 7.88. The van der Waals surface area contributed by atoms with E-state index in [0.717, 1.165) is 25.6 Å². The molecule has 148 valence electrons. The third kappa shape index (κ3) is 4.75. The Morgan fingerprint density at radius 2 is 1.77 bits per heavy atom. The minimum atomic E-state index is -3.31. The molecule has 3 fully saturated rings. The number of sulfonamides is 1. The fraction of sp³-hybridized carbons (Fsp3) is 0.882. The number of nitrogens with one attached hydrogen (secondary N) is 2. The summed E-state index contributed by atoms with van der Waals surface area (Å²) in [6, 6.07) is -0.392. The minimum absolute atomic E-state index is 0.0116. The van der Waals surface area contributed by atoms with Crippen molar-refractivity contribution in [3.63, 3.8) is 0 Å². The van der Waals surface area contributed by atoms with Crippen LogP contribution in [0.5, 0.6) is 0 Å². The van der Waals surface area contributed by atoms with Crippen molar-refractivity contribution in [3.05, 3.63) is 0 Å². The summed E-state index contributed by atoms with van der Waals surface area (Å²) in [5.74, 6) is -0.309. The lowest BCUT2D eigenvalue weighted by Gasteiger charge is -2.35. The van der Waals surface area contributed by atoms with Crippen molar-refractivity contribution in [1.82, 2.24) is 19.8 Å². The summed E-state index contributed by atoms with van der Waals surface area (Å²) in [5.41, 5.74) is 0. The summed E-state index contributed by atoms with van der Waals surface area (Å²) < 4.78 is 25.8. The molecule has 9 heteroatoms. The van der Waals surface area contributed by atoms with Crippen molar-refractivity contribution in [2.24, 2.45) is 0 Å². The monoisotopic (exact) mass is 386 g/mol. The fourth-order valence-corrected chi connectivity index (χ4v) is 5.48. The maximum atomic E-state index is 13.0. The van der Waals surface area contributed by atoms with Crippen LogP contribution in [-0.2, 0) is 19.6 Å². The first kappa shape index (κ1) is 19.6. The van der Waals surface area contributed by atoms with Gasteiger partial charge < -0.3 is 10.2 Å². The van der Waals surface area contributed by atoms with Gasteiger partial charge in [0.05, 0.1) is 6.26 Å². The lowest BCUT2D eigenvalue weighted by Crippen LogP contribution is -2.52. The molecule has 26 heavy (non-hydrogen) atoms. The third-order valence-corrected chi connectivity index (χ3v) is 6.47. The van der Waals surface area contributed by atoms with E-state index in [1.165, 1.54) is 26.2 Å². The molecule has 0 bridgehead atoms. The van der Waals surface area contributed by atoms with Crippen molar-refractivity contribution in [2.75, 3.05) is 25.9 Å². The first-order valence-electron chi connectivity index (χ1n) is 9.52. The quantitative estimate of drug-likeness (QED) is 0.689. The van der Waals surface area contributed by atoms with E-state index in [1.807, 2.05) is 0 Å². The summed E-state index contributed by atoms with van der Waals surface area (Å²) in [6.45, 7) is 3.08. The number of hydrogen-bond acceptors (Lipinski definition) is 5. The highest BCUT2D eigenvalue weighted by atomic mass is 32.2. The van der Waals surface area contributed by atoms with Gasteiger partial charge in [0.2, 0.25) is 21.8 Å². The van der Waals surface area contributed by atoms with Crippen LogP contribution in [0, 0.1) is 0 Å². The number of amides is 2. The molecule has 0 unspecified atom stereocenters. The molecule has 0 spiro atoms. The highest BCUT2D eigenvalue weighted by Gasteiger charge is 2.44. The number of nitrogens with zero attached hydrogens (tertiary/aromatic N) is 2. The van der Waals surface area contributed by atoms with Gasteiger partial charge in [-0.15, -0.1) is 0 Å². The second-order valence-electron chi connectivity index (χ2n) is 7.97. The molecule has 0 aromatic rings. The van der Waals surface area contributed by atoms with Crippen LogP contribution in [0.3, 0.4) is 0 Å². The zero-order valence-corrected chi connectivity index (χ0v) is 16.4. The Bertz CT molecular complexity index is 647. The summed E-state index contributed by atoms with van der Waals surface area (Å²) in [5, 5.41) is 2.81. The predicted molar refractivity (Wildman–Crippen MR) is 97.9 cm³/mol. The maximum absolute atomic E-state index is 13.0. The molecule has 3 aliphatic rings. The van der Waals surface area contributed by atoms with Gasteiger partial charge in [0.25, 0.3) is 0 Å². The van der Waals surface area contributed by atoms with E-state index in [0.29, 0.717) is 25.6 Å². The topological polar surface area (TPSA) is 98.8 Å². The molecule has 2 saturated heterocycles. The van der Waals surface area contributed by atoms with Crippen molar-refractivity contribution < 1.29 is 18.0 Å². The average molecular weight is 387 g/mol. The summed E-state index contributed by atoms with van der Waals surface area (Å²) in [6.07, 6.45) is 7.67. The smallest absolute Gasteiger partial charge is 0.246 e. The Labute approximate surface area is 155 Å². The zero-order valence-electron chi connectivity index (χ0n) is 15.6. The van der Waals surface area contributed by atoms with Crippen LogP contribution >= 0.6 is 0 Å². The molecule has 2 amide bonds. The molecule has 2 aliphatic heterocycles. The largest absolute Gasteiger partial charge is 0.343 e. The zero-order chi connectivity index (χ0) is 18.9. The van der Waals surface area contributed by atoms with Gasteiger partial charge in [-0.05, 0) is 19.3 Å². The molecular weight excluding hydrogens is 356 g/mol. The molecule has 8 nitrogen and oxygen atoms in total. The van der Waals surface area contributed by atoms with Gasteiger partial charge in [-0.3, -0.25) is 14.5 Å². The molecule has 3 rings (SSSR count). The molecule has 1 saturated carbocycles. The van der Waals surface area contributed by atoms with E-state index in [9.17, 15) is 18.0 Å². The number of carbonyl (C=O) groups excluding carboxylic acids is 2. The van der Waals surface area contributed by atoms with Crippen LogP contribution < -0.4 is 10.0 Å². The summed E-state index contributed by atoms with van der Waals surface area (Å²) >= 11 is 0. The predicted octanol–water partition coefficient (Wildman–Crippen LogP) is -0.342. The molecule has 0 aromatic carbocycles.